The molecular formula is C12H15FN2O. The molecule has 3 nitrogen and oxygen atoms in total. The van der Waals surface area contributed by atoms with Crippen LogP contribution in [0.15, 0.2) is 18.3 Å². The molecule has 0 radical (unpaired) electrons. The van der Waals surface area contributed by atoms with Crippen molar-refractivity contribution in [3.8, 4) is 0 Å². The molecule has 2 rings (SSSR count). The molecule has 16 heavy (non-hydrogen) atoms. The van der Waals surface area contributed by atoms with Crippen LogP contribution in [0.5, 0.6) is 0 Å². The van der Waals surface area contributed by atoms with Crippen LogP contribution in [0.4, 0.5) is 4.39 Å². The number of amides is 1. The first-order valence-electron chi connectivity index (χ1n) is 5.57. The van der Waals surface area contributed by atoms with Crippen molar-refractivity contribution in [1.82, 2.24) is 9.88 Å². The molecule has 1 aromatic rings. The minimum Gasteiger partial charge on any atom is -0.339 e. The largest absolute Gasteiger partial charge is 0.339 e. The maximum absolute atomic E-state index is 12.9. The summed E-state index contributed by atoms with van der Waals surface area (Å²) in [4.78, 5) is 17.2. The van der Waals surface area contributed by atoms with E-state index in [0.717, 1.165) is 12.8 Å². The molecule has 0 unspecified atom stereocenters. The van der Waals surface area contributed by atoms with E-state index < -0.39 is 5.95 Å². The number of nitrogens with zero attached hydrogens (tertiary/aromatic N) is 2. The van der Waals surface area contributed by atoms with Crippen LogP contribution in [0.1, 0.15) is 36.0 Å². The van der Waals surface area contributed by atoms with Crippen molar-refractivity contribution in [2.24, 2.45) is 0 Å². The molecule has 0 spiro atoms. The van der Waals surface area contributed by atoms with Crippen molar-refractivity contribution in [2.75, 3.05) is 7.05 Å². The maximum atomic E-state index is 12.9. The van der Waals surface area contributed by atoms with Gasteiger partial charge in [-0.2, -0.15) is 4.39 Å². The van der Waals surface area contributed by atoms with E-state index >= 15 is 0 Å². The summed E-state index contributed by atoms with van der Waals surface area (Å²) >= 11 is 0. The highest BCUT2D eigenvalue weighted by molar-refractivity contribution is 5.94. The van der Waals surface area contributed by atoms with Crippen LogP contribution in [0.3, 0.4) is 0 Å². The van der Waals surface area contributed by atoms with Gasteiger partial charge in [0.2, 0.25) is 5.95 Å². The molecule has 0 aromatic carbocycles. The van der Waals surface area contributed by atoms with E-state index in [9.17, 15) is 9.18 Å². The van der Waals surface area contributed by atoms with E-state index in [1.807, 2.05) is 0 Å². The number of rotatable bonds is 2. The van der Waals surface area contributed by atoms with Gasteiger partial charge < -0.3 is 4.90 Å². The minimum absolute atomic E-state index is 0.117. The second kappa shape index (κ2) is 4.60. The van der Waals surface area contributed by atoms with Crippen molar-refractivity contribution in [3.05, 3.63) is 29.8 Å². The van der Waals surface area contributed by atoms with Crippen LogP contribution in [0, 0.1) is 5.95 Å². The van der Waals surface area contributed by atoms with Gasteiger partial charge in [-0.05, 0) is 18.9 Å². The van der Waals surface area contributed by atoms with Gasteiger partial charge >= 0.3 is 0 Å². The summed E-state index contributed by atoms with van der Waals surface area (Å²) in [6.07, 6.45) is 5.77. The quantitative estimate of drug-likeness (QED) is 0.719. The Hall–Kier alpha value is -1.45. The second-order valence-corrected chi connectivity index (χ2v) is 4.22. The van der Waals surface area contributed by atoms with Crippen molar-refractivity contribution in [1.29, 1.82) is 0 Å². The first-order valence-corrected chi connectivity index (χ1v) is 5.57. The Morgan fingerprint density at radius 2 is 2.19 bits per heavy atom. The molecular weight excluding hydrogens is 207 g/mol. The normalized spacial score (nSPS) is 16.4. The molecule has 1 saturated carbocycles. The highest BCUT2D eigenvalue weighted by atomic mass is 19.1. The summed E-state index contributed by atoms with van der Waals surface area (Å²) in [5, 5.41) is 0. The van der Waals surface area contributed by atoms with E-state index in [-0.39, 0.29) is 5.91 Å². The molecule has 0 saturated heterocycles. The predicted octanol–water partition coefficient (Wildman–Crippen LogP) is 2.24. The highest BCUT2D eigenvalue weighted by Gasteiger charge is 2.24. The van der Waals surface area contributed by atoms with Crippen LogP contribution in [0.25, 0.3) is 0 Å². The molecule has 4 heteroatoms. The lowest BCUT2D eigenvalue weighted by molar-refractivity contribution is 0.0734. The molecule has 1 aromatic heterocycles. The fourth-order valence-corrected chi connectivity index (χ4v) is 2.20. The lowest BCUT2D eigenvalue weighted by Crippen LogP contribution is -2.35. The highest BCUT2D eigenvalue weighted by Crippen LogP contribution is 2.23. The summed E-state index contributed by atoms with van der Waals surface area (Å²) in [7, 11) is 1.79. The van der Waals surface area contributed by atoms with Crippen LogP contribution >= 0.6 is 0 Å². The smallest absolute Gasteiger partial charge is 0.254 e. The molecule has 0 aliphatic heterocycles. The molecule has 1 fully saturated rings. The van der Waals surface area contributed by atoms with Crippen molar-refractivity contribution < 1.29 is 9.18 Å². The van der Waals surface area contributed by atoms with Crippen molar-refractivity contribution in [2.45, 2.75) is 31.7 Å². The summed E-state index contributed by atoms with van der Waals surface area (Å²) in [6.45, 7) is 0. The predicted molar refractivity (Wildman–Crippen MR) is 58.5 cm³/mol. The Labute approximate surface area is 94.3 Å². The molecule has 1 aliphatic rings. The van der Waals surface area contributed by atoms with Gasteiger partial charge in [-0.25, -0.2) is 4.98 Å². The molecule has 86 valence electrons. The monoisotopic (exact) mass is 222 g/mol. The van der Waals surface area contributed by atoms with E-state index in [4.69, 9.17) is 0 Å². The SMILES string of the molecule is CN(C(=O)c1ccnc(F)c1)C1CCCC1. The second-order valence-electron chi connectivity index (χ2n) is 4.22. The lowest BCUT2D eigenvalue weighted by Gasteiger charge is -2.24. The lowest BCUT2D eigenvalue weighted by atomic mass is 10.2. The van der Waals surface area contributed by atoms with Crippen molar-refractivity contribution >= 4 is 5.91 Å². The first kappa shape index (κ1) is 11.0. The fraction of sp³-hybridized carbons (Fsp3) is 0.500. The van der Waals surface area contributed by atoms with E-state index in [1.54, 1.807) is 18.0 Å². The van der Waals surface area contributed by atoms with E-state index in [2.05, 4.69) is 4.98 Å². The zero-order valence-electron chi connectivity index (χ0n) is 9.32. The topological polar surface area (TPSA) is 33.2 Å². The van der Waals surface area contributed by atoms with Crippen LogP contribution in [0.2, 0.25) is 0 Å². The van der Waals surface area contributed by atoms with Crippen LogP contribution in [-0.2, 0) is 0 Å². The molecule has 1 aliphatic carbocycles. The van der Waals surface area contributed by atoms with Gasteiger partial charge in [-0.1, -0.05) is 12.8 Å². The number of hydrogen-bond donors (Lipinski definition) is 0. The van der Waals surface area contributed by atoms with Gasteiger partial charge in [0.05, 0.1) is 0 Å². The molecule has 0 bridgehead atoms. The minimum atomic E-state index is -0.606. The molecule has 0 atom stereocenters. The Morgan fingerprint density at radius 3 is 2.81 bits per heavy atom. The average molecular weight is 222 g/mol. The Morgan fingerprint density at radius 1 is 1.50 bits per heavy atom. The summed E-state index contributed by atoms with van der Waals surface area (Å²) in [5.74, 6) is -0.723. The fourth-order valence-electron chi connectivity index (χ4n) is 2.20. The Kier molecular flexibility index (Phi) is 3.17. The van der Waals surface area contributed by atoms with Gasteiger partial charge in [-0.3, -0.25) is 4.79 Å². The third-order valence-electron chi connectivity index (χ3n) is 3.17. The zero-order chi connectivity index (χ0) is 11.5. The third-order valence-corrected chi connectivity index (χ3v) is 3.17. The van der Waals surface area contributed by atoms with Gasteiger partial charge in [0, 0.05) is 30.9 Å². The van der Waals surface area contributed by atoms with Gasteiger partial charge in [0.15, 0.2) is 0 Å². The van der Waals surface area contributed by atoms with Gasteiger partial charge in [0.25, 0.3) is 5.91 Å². The molecule has 0 N–H and O–H groups in total. The number of carbonyl (C=O) groups excluding carboxylic acids is 1. The summed E-state index contributed by atoms with van der Waals surface area (Å²) < 4.78 is 12.9. The number of aromatic nitrogens is 1. The third kappa shape index (κ3) is 2.21. The van der Waals surface area contributed by atoms with E-state index in [1.165, 1.54) is 25.1 Å². The summed E-state index contributed by atoms with van der Waals surface area (Å²) in [6, 6.07) is 3.05. The van der Waals surface area contributed by atoms with Gasteiger partial charge in [-0.15, -0.1) is 0 Å². The number of halogens is 1. The zero-order valence-corrected chi connectivity index (χ0v) is 9.32. The molecule has 1 heterocycles. The van der Waals surface area contributed by atoms with Crippen LogP contribution < -0.4 is 0 Å². The van der Waals surface area contributed by atoms with E-state index in [0.29, 0.717) is 11.6 Å². The van der Waals surface area contributed by atoms with Crippen LogP contribution in [-0.4, -0.2) is 28.9 Å². The number of carbonyl (C=O) groups is 1. The van der Waals surface area contributed by atoms with Gasteiger partial charge in [0.1, 0.15) is 0 Å². The average Bonchev–Trinajstić information content (AvgIpc) is 2.80. The standard InChI is InChI=1S/C12H15FN2O/c1-15(10-4-2-3-5-10)12(16)9-6-7-14-11(13)8-9/h6-8,10H,2-5H2,1H3. The maximum Gasteiger partial charge on any atom is 0.254 e. The Bertz CT molecular complexity index is 388. The number of pyridine rings is 1. The van der Waals surface area contributed by atoms with Crippen molar-refractivity contribution in [3.63, 3.8) is 0 Å². The first-order chi connectivity index (χ1) is 7.68. The number of hydrogen-bond acceptors (Lipinski definition) is 2. The molecule has 1 amide bonds. The summed E-state index contributed by atoms with van der Waals surface area (Å²) in [5.41, 5.74) is 0.377. The Balaban J connectivity index is 2.12.